The predicted molar refractivity (Wildman–Crippen MR) is 133 cm³/mol. The highest BCUT2D eigenvalue weighted by Gasteiger charge is 2.03. The van der Waals surface area contributed by atoms with Crippen molar-refractivity contribution in [3.05, 3.63) is 28.8 Å². The highest BCUT2D eigenvalue weighted by Crippen LogP contribution is 2.19. The van der Waals surface area contributed by atoms with Crippen LogP contribution in [0.25, 0.3) is 0 Å². The van der Waals surface area contributed by atoms with Gasteiger partial charge >= 0.3 is 6.03 Å². The molecule has 0 fully saturated rings. The molecule has 0 saturated heterocycles. The summed E-state index contributed by atoms with van der Waals surface area (Å²) in [5.74, 6) is 0. The second-order valence-electron chi connectivity index (χ2n) is 8.65. The third-order valence-electron chi connectivity index (χ3n) is 5.75. The number of unbranched alkanes of at least 4 members (excludes halogenated alkanes) is 15. The van der Waals surface area contributed by atoms with Crippen LogP contribution in [0.1, 0.15) is 115 Å². The summed E-state index contributed by atoms with van der Waals surface area (Å²) in [4.78, 5) is 11.9. The van der Waals surface area contributed by atoms with E-state index in [2.05, 4.69) is 17.6 Å². The molecule has 172 valence electrons. The molecule has 0 heterocycles. The first kappa shape index (κ1) is 26.8. The van der Waals surface area contributed by atoms with Crippen LogP contribution in [0.15, 0.2) is 18.2 Å². The number of carbonyl (C=O) groups excluding carboxylic acids is 1. The molecule has 0 aliphatic carbocycles. The van der Waals surface area contributed by atoms with Crippen LogP contribution < -0.4 is 10.6 Å². The number of hydrogen-bond donors (Lipinski definition) is 2. The average molecular weight is 437 g/mol. The predicted octanol–water partition coefficient (Wildman–Crippen LogP) is 9.03. The second-order valence-corrected chi connectivity index (χ2v) is 9.06. The van der Waals surface area contributed by atoms with Gasteiger partial charge in [0.05, 0.1) is 0 Å². The van der Waals surface area contributed by atoms with Crippen LogP contribution in [0.5, 0.6) is 0 Å². The number of anilines is 1. The molecule has 30 heavy (non-hydrogen) atoms. The van der Waals surface area contributed by atoms with Gasteiger partial charge in [0.2, 0.25) is 0 Å². The summed E-state index contributed by atoms with van der Waals surface area (Å²) in [5, 5.41) is 6.42. The van der Waals surface area contributed by atoms with Crippen molar-refractivity contribution in [1.29, 1.82) is 0 Å². The first-order chi connectivity index (χ1) is 14.6. The van der Waals surface area contributed by atoms with Gasteiger partial charge in [-0.3, -0.25) is 0 Å². The van der Waals surface area contributed by atoms with Crippen LogP contribution in [-0.2, 0) is 0 Å². The van der Waals surface area contributed by atoms with Crippen molar-refractivity contribution in [2.45, 2.75) is 117 Å². The Labute approximate surface area is 190 Å². The van der Waals surface area contributed by atoms with Gasteiger partial charge < -0.3 is 10.6 Å². The summed E-state index contributed by atoms with van der Waals surface area (Å²) in [6.07, 6.45) is 21.8. The number of amides is 2. The largest absolute Gasteiger partial charge is 0.338 e. The van der Waals surface area contributed by atoms with Gasteiger partial charge in [0.25, 0.3) is 0 Å². The molecule has 0 aliphatic rings. The van der Waals surface area contributed by atoms with E-state index in [0.717, 1.165) is 24.2 Å². The zero-order valence-corrected chi connectivity index (χ0v) is 20.3. The molecule has 2 amide bonds. The standard InChI is InChI=1S/C26H45ClN2O/c1-3-4-5-6-7-8-9-10-11-12-13-14-15-16-17-18-21-28-26(30)29-24-20-19-23(2)25(27)22-24/h19-20,22H,3-18,21H2,1-2H3,(H2,28,29,30). The Hall–Kier alpha value is -1.22. The lowest BCUT2D eigenvalue weighted by molar-refractivity contribution is 0.252. The third kappa shape index (κ3) is 14.7. The van der Waals surface area contributed by atoms with E-state index < -0.39 is 0 Å². The molecule has 3 nitrogen and oxygen atoms in total. The lowest BCUT2D eigenvalue weighted by Crippen LogP contribution is -2.29. The number of rotatable bonds is 18. The lowest BCUT2D eigenvalue weighted by atomic mass is 10.0. The highest BCUT2D eigenvalue weighted by atomic mass is 35.5. The van der Waals surface area contributed by atoms with Gasteiger partial charge in [0, 0.05) is 17.3 Å². The van der Waals surface area contributed by atoms with E-state index in [1.807, 2.05) is 19.1 Å². The molecule has 0 atom stereocenters. The van der Waals surface area contributed by atoms with Crippen LogP contribution in [0, 0.1) is 6.92 Å². The maximum atomic E-state index is 11.9. The molecular weight excluding hydrogens is 392 g/mol. The summed E-state index contributed by atoms with van der Waals surface area (Å²) in [5.41, 5.74) is 1.74. The number of benzene rings is 1. The van der Waals surface area contributed by atoms with Gasteiger partial charge in [-0.05, 0) is 31.0 Å². The van der Waals surface area contributed by atoms with Crippen molar-refractivity contribution < 1.29 is 4.79 Å². The van der Waals surface area contributed by atoms with Crippen LogP contribution in [0.2, 0.25) is 5.02 Å². The Morgan fingerprint density at radius 2 is 1.23 bits per heavy atom. The Bertz CT molecular complexity index is 562. The first-order valence-corrected chi connectivity index (χ1v) is 12.8. The molecule has 0 bridgehead atoms. The fraction of sp³-hybridized carbons (Fsp3) is 0.731. The minimum absolute atomic E-state index is 0.157. The molecule has 0 unspecified atom stereocenters. The molecule has 0 radical (unpaired) electrons. The zero-order chi connectivity index (χ0) is 21.9. The summed E-state index contributed by atoms with van der Waals surface area (Å²) >= 11 is 6.08. The van der Waals surface area contributed by atoms with Crippen LogP contribution in [-0.4, -0.2) is 12.6 Å². The summed E-state index contributed by atoms with van der Waals surface area (Å²) in [7, 11) is 0. The quantitative estimate of drug-likeness (QED) is 0.221. The van der Waals surface area contributed by atoms with E-state index in [4.69, 9.17) is 11.6 Å². The summed E-state index contributed by atoms with van der Waals surface area (Å²) in [6.45, 7) is 4.95. The average Bonchev–Trinajstić information content (AvgIpc) is 2.73. The first-order valence-electron chi connectivity index (χ1n) is 12.4. The van der Waals surface area contributed by atoms with Crippen molar-refractivity contribution >= 4 is 23.3 Å². The fourth-order valence-corrected chi connectivity index (χ4v) is 3.90. The van der Waals surface area contributed by atoms with Crippen molar-refractivity contribution in [3.8, 4) is 0 Å². The molecule has 0 aromatic heterocycles. The van der Waals surface area contributed by atoms with Gasteiger partial charge in [0.1, 0.15) is 0 Å². The van der Waals surface area contributed by atoms with Gasteiger partial charge in [-0.1, -0.05) is 121 Å². The second kappa shape index (κ2) is 18.5. The van der Waals surface area contributed by atoms with Gasteiger partial charge in [-0.25, -0.2) is 4.79 Å². The summed E-state index contributed by atoms with van der Waals surface area (Å²) in [6, 6.07) is 5.41. The highest BCUT2D eigenvalue weighted by molar-refractivity contribution is 6.31. The Morgan fingerprint density at radius 3 is 1.70 bits per heavy atom. The van der Waals surface area contributed by atoms with E-state index in [1.165, 1.54) is 96.3 Å². The van der Waals surface area contributed by atoms with Crippen LogP contribution in [0.4, 0.5) is 10.5 Å². The molecule has 0 aliphatic heterocycles. The molecule has 1 rings (SSSR count). The lowest BCUT2D eigenvalue weighted by Gasteiger charge is -2.08. The van der Waals surface area contributed by atoms with Gasteiger partial charge in [0.15, 0.2) is 0 Å². The number of aryl methyl sites for hydroxylation is 1. The zero-order valence-electron chi connectivity index (χ0n) is 19.5. The van der Waals surface area contributed by atoms with Gasteiger partial charge in [-0.2, -0.15) is 0 Å². The van der Waals surface area contributed by atoms with E-state index in [-0.39, 0.29) is 6.03 Å². The number of nitrogens with one attached hydrogen (secondary N) is 2. The molecule has 0 saturated carbocycles. The maximum Gasteiger partial charge on any atom is 0.319 e. The topological polar surface area (TPSA) is 41.1 Å². The molecular formula is C26H45ClN2O. The SMILES string of the molecule is CCCCCCCCCCCCCCCCCCNC(=O)Nc1ccc(C)c(Cl)c1. The molecule has 1 aromatic rings. The number of halogens is 1. The Morgan fingerprint density at radius 1 is 0.767 bits per heavy atom. The molecule has 1 aromatic carbocycles. The maximum absolute atomic E-state index is 11.9. The summed E-state index contributed by atoms with van der Waals surface area (Å²) < 4.78 is 0. The van der Waals surface area contributed by atoms with Crippen molar-refractivity contribution in [2.75, 3.05) is 11.9 Å². The minimum atomic E-state index is -0.157. The monoisotopic (exact) mass is 436 g/mol. The van der Waals surface area contributed by atoms with Crippen LogP contribution in [0.3, 0.4) is 0 Å². The van der Waals surface area contributed by atoms with E-state index >= 15 is 0 Å². The van der Waals surface area contributed by atoms with Gasteiger partial charge in [-0.15, -0.1) is 0 Å². The van der Waals surface area contributed by atoms with E-state index in [0.29, 0.717) is 5.02 Å². The molecule has 4 heteroatoms. The third-order valence-corrected chi connectivity index (χ3v) is 6.15. The number of urea groups is 1. The molecule has 2 N–H and O–H groups in total. The van der Waals surface area contributed by atoms with Crippen LogP contribution >= 0.6 is 11.6 Å². The Balaban J connectivity index is 1.82. The number of carbonyl (C=O) groups is 1. The van der Waals surface area contributed by atoms with Crippen molar-refractivity contribution in [2.24, 2.45) is 0 Å². The smallest absolute Gasteiger partial charge is 0.319 e. The number of hydrogen-bond acceptors (Lipinski definition) is 1. The fourth-order valence-electron chi connectivity index (χ4n) is 3.72. The van der Waals surface area contributed by atoms with Crippen molar-refractivity contribution in [1.82, 2.24) is 5.32 Å². The minimum Gasteiger partial charge on any atom is -0.338 e. The molecule has 0 spiro atoms. The normalized spacial score (nSPS) is 10.9. The van der Waals surface area contributed by atoms with E-state index in [9.17, 15) is 4.79 Å². The van der Waals surface area contributed by atoms with E-state index in [1.54, 1.807) is 6.07 Å². The van der Waals surface area contributed by atoms with Crippen molar-refractivity contribution in [3.63, 3.8) is 0 Å². The Kier molecular flexibility index (Phi) is 16.6.